The first kappa shape index (κ1) is 27.2. The number of aryl methyl sites for hydroxylation is 1. The van der Waals surface area contributed by atoms with Crippen molar-refractivity contribution in [2.75, 3.05) is 6.61 Å². The number of fused-ring (bicyclic) bond motifs is 5. The first-order chi connectivity index (χ1) is 19.9. The standard InChI is InChI=1S/C32H34FN3O6/c1-5-32(40)19-10-23-28-17(12-36(23)29(38)18(19)13-41-30(32)39)27-21(34-24(37)14-42-31(2,3)4)9-8-16-25(15-6-7-15)20(33)11-22(35-28)26(16)27/h10-11,15,21,40H,5-9,12-14H2,1-4H3,(H,34,37)/t21-,32-/m0/s1. The summed E-state index contributed by atoms with van der Waals surface area (Å²) in [6, 6.07) is 2.74. The molecule has 4 aliphatic rings. The average molecular weight is 576 g/mol. The van der Waals surface area contributed by atoms with E-state index < -0.39 is 17.2 Å². The lowest BCUT2D eigenvalue weighted by Gasteiger charge is -2.31. The highest BCUT2D eigenvalue weighted by Crippen LogP contribution is 2.50. The molecule has 42 heavy (non-hydrogen) atoms. The molecule has 10 heteroatoms. The Morgan fingerprint density at radius 2 is 1.95 bits per heavy atom. The Labute approximate surface area is 242 Å². The Hall–Kier alpha value is -3.63. The Morgan fingerprint density at radius 3 is 2.64 bits per heavy atom. The van der Waals surface area contributed by atoms with Gasteiger partial charge in [0, 0.05) is 22.6 Å². The number of carbonyl (C=O) groups is 2. The number of aromatic nitrogens is 2. The van der Waals surface area contributed by atoms with Gasteiger partial charge >= 0.3 is 5.97 Å². The van der Waals surface area contributed by atoms with E-state index in [0.717, 1.165) is 40.5 Å². The molecule has 0 bridgehead atoms. The maximum atomic E-state index is 15.6. The second-order valence-corrected chi connectivity index (χ2v) is 12.9. The van der Waals surface area contributed by atoms with Gasteiger partial charge < -0.3 is 24.5 Å². The van der Waals surface area contributed by atoms with Gasteiger partial charge in [-0.15, -0.1) is 0 Å². The fourth-order valence-corrected chi connectivity index (χ4v) is 6.89. The molecule has 1 fully saturated rings. The van der Waals surface area contributed by atoms with Crippen molar-refractivity contribution in [1.82, 2.24) is 14.9 Å². The number of ether oxygens (including phenoxy) is 2. The van der Waals surface area contributed by atoms with Crippen molar-refractivity contribution in [2.45, 2.75) is 96.1 Å². The maximum Gasteiger partial charge on any atom is 0.343 e. The van der Waals surface area contributed by atoms with Gasteiger partial charge in [-0.3, -0.25) is 9.59 Å². The highest BCUT2D eigenvalue weighted by Gasteiger charge is 2.46. The van der Waals surface area contributed by atoms with Crippen LogP contribution >= 0.6 is 0 Å². The number of esters is 1. The van der Waals surface area contributed by atoms with Crippen LogP contribution in [0.2, 0.25) is 0 Å². The van der Waals surface area contributed by atoms with Crippen LogP contribution < -0.4 is 10.9 Å². The first-order valence-corrected chi connectivity index (χ1v) is 14.7. The molecule has 1 amide bonds. The van der Waals surface area contributed by atoms with E-state index in [0.29, 0.717) is 29.7 Å². The number of carbonyl (C=O) groups excluding carboxylic acids is 2. The van der Waals surface area contributed by atoms with Gasteiger partial charge in [0.25, 0.3) is 5.56 Å². The number of hydrogen-bond donors (Lipinski definition) is 2. The lowest BCUT2D eigenvalue weighted by molar-refractivity contribution is -0.172. The van der Waals surface area contributed by atoms with Crippen LogP contribution in [-0.2, 0) is 44.2 Å². The molecule has 2 aliphatic carbocycles. The number of benzene rings is 1. The van der Waals surface area contributed by atoms with Crippen LogP contribution in [0, 0.1) is 5.82 Å². The summed E-state index contributed by atoms with van der Waals surface area (Å²) in [5.74, 6) is -1.13. The minimum Gasteiger partial charge on any atom is -0.458 e. The van der Waals surface area contributed by atoms with E-state index in [9.17, 15) is 19.5 Å². The Kier molecular flexibility index (Phi) is 5.95. The molecule has 220 valence electrons. The van der Waals surface area contributed by atoms with Crippen LogP contribution in [-0.4, -0.2) is 38.7 Å². The molecule has 3 aromatic rings. The second kappa shape index (κ2) is 9.18. The van der Waals surface area contributed by atoms with Crippen molar-refractivity contribution in [2.24, 2.45) is 0 Å². The molecule has 7 rings (SSSR count). The van der Waals surface area contributed by atoms with Gasteiger partial charge in [0.1, 0.15) is 19.0 Å². The minimum absolute atomic E-state index is 0.0360. The van der Waals surface area contributed by atoms with E-state index in [4.69, 9.17) is 14.5 Å². The van der Waals surface area contributed by atoms with Crippen LogP contribution in [0.3, 0.4) is 0 Å². The van der Waals surface area contributed by atoms with Gasteiger partial charge in [-0.2, -0.15) is 0 Å². The van der Waals surface area contributed by atoms with Gasteiger partial charge in [-0.25, -0.2) is 14.2 Å². The number of nitrogens with zero attached hydrogens (tertiary/aromatic N) is 2. The predicted molar refractivity (Wildman–Crippen MR) is 151 cm³/mol. The largest absolute Gasteiger partial charge is 0.458 e. The van der Waals surface area contributed by atoms with Crippen LogP contribution in [0.25, 0.3) is 22.3 Å². The van der Waals surface area contributed by atoms with E-state index in [2.05, 4.69) is 5.32 Å². The number of pyridine rings is 2. The summed E-state index contributed by atoms with van der Waals surface area (Å²) in [5.41, 5.74) is 2.40. The van der Waals surface area contributed by atoms with Crippen molar-refractivity contribution in [1.29, 1.82) is 0 Å². The Morgan fingerprint density at radius 1 is 1.19 bits per heavy atom. The van der Waals surface area contributed by atoms with E-state index in [1.165, 1.54) is 6.07 Å². The third-order valence-corrected chi connectivity index (χ3v) is 9.11. The number of aliphatic hydroxyl groups is 1. The summed E-state index contributed by atoms with van der Waals surface area (Å²) < 4.78 is 28.1. The Balaban J connectivity index is 1.43. The summed E-state index contributed by atoms with van der Waals surface area (Å²) in [6.45, 7) is 7.19. The molecule has 0 unspecified atom stereocenters. The molecule has 0 radical (unpaired) electrons. The molecule has 1 saturated carbocycles. The SMILES string of the molecule is CC[C@@]1(O)C(=O)OCc2c1cc1n(c2=O)Cc2c-1nc1cc(F)c(C3CC3)c3c1c2[C@@H](NC(=O)COC(C)(C)C)CC3. The minimum atomic E-state index is -1.95. The molecular weight excluding hydrogens is 541 g/mol. The fourth-order valence-electron chi connectivity index (χ4n) is 6.89. The second-order valence-electron chi connectivity index (χ2n) is 12.9. The van der Waals surface area contributed by atoms with Crippen LogP contribution in [0.4, 0.5) is 4.39 Å². The van der Waals surface area contributed by atoms with Crippen molar-refractivity contribution in [3.05, 3.63) is 61.7 Å². The topological polar surface area (TPSA) is 120 Å². The lowest BCUT2D eigenvalue weighted by Crippen LogP contribution is -2.44. The number of nitrogens with one attached hydrogen (secondary N) is 1. The normalized spacial score (nSPS) is 22.4. The smallest absolute Gasteiger partial charge is 0.343 e. The van der Waals surface area contributed by atoms with Gasteiger partial charge in [0.2, 0.25) is 5.91 Å². The molecule has 4 heterocycles. The van der Waals surface area contributed by atoms with Crippen molar-refractivity contribution in [3.8, 4) is 11.4 Å². The van der Waals surface area contributed by atoms with Crippen molar-refractivity contribution >= 4 is 22.8 Å². The number of rotatable bonds is 5. The molecule has 2 aliphatic heterocycles. The number of amides is 1. The van der Waals surface area contributed by atoms with Gasteiger partial charge in [0.05, 0.1) is 40.7 Å². The molecular formula is C32H34FN3O6. The first-order valence-electron chi connectivity index (χ1n) is 14.7. The molecule has 0 saturated heterocycles. The van der Waals surface area contributed by atoms with Crippen molar-refractivity contribution in [3.63, 3.8) is 0 Å². The molecule has 9 nitrogen and oxygen atoms in total. The van der Waals surface area contributed by atoms with E-state index in [1.54, 1.807) is 17.6 Å². The number of hydrogen-bond acceptors (Lipinski definition) is 7. The predicted octanol–water partition coefficient (Wildman–Crippen LogP) is 4.01. The third-order valence-electron chi connectivity index (χ3n) is 9.11. The highest BCUT2D eigenvalue weighted by molar-refractivity contribution is 5.94. The summed E-state index contributed by atoms with van der Waals surface area (Å²) in [4.78, 5) is 44.4. The third kappa shape index (κ3) is 4.02. The van der Waals surface area contributed by atoms with Gasteiger partial charge in [-0.05, 0) is 81.5 Å². The summed E-state index contributed by atoms with van der Waals surface area (Å²) in [7, 11) is 0. The maximum absolute atomic E-state index is 15.6. The van der Waals surface area contributed by atoms with Gasteiger partial charge in [0.15, 0.2) is 5.60 Å². The molecule has 1 aromatic carbocycles. The fraction of sp³-hybridized carbons (Fsp3) is 0.500. The average Bonchev–Trinajstić information content (AvgIpc) is 3.71. The molecule has 2 aromatic heterocycles. The monoisotopic (exact) mass is 575 g/mol. The summed E-state index contributed by atoms with van der Waals surface area (Å²) in [5, 5.41) is 15.2. The number of halogens is 1. The summed E-state index contributed by atoms with van der Waals surface area (Å²) >= 11 is 0. The van der Waals surface area contributed by atoms with Crippen LogP contribution in [0.5, 0.6) is 0 Å². The van der Waals surface area contributed by atoms with E-state index >= 15 is 4.39 Å². The zero-order chi connectivity index (χ0) is 29.7. The van der Waals surface area contributed by atoms with Crippen molar-refractivity contribution < 1.29 is 28.6 Å². The van der Waals surface area contributed by atoms with E-state index in [-0.39, 0.29) is 66.5 Å². The lowest BCUT2D eigenvalue weighted by atomic mass is 9.80. The van der Waals surface area contributed by atoms with E-state index in [1.807, 2.05) is 20.8 Å². The van der Waals surface area contributed by atoms with Crippen LogP contribution in [0.1, 0.15) is 98.7 Å². The molecule has 2 atom stereocenters. The van der Waals surface area contributed by atoms with Gasteiger partial charge in [-0.1, -0.05) is 6.92 Å². The quantitative estimate of drug-likeness (QED) is 0.345. The Bertz CT molecular complexity index is 1770. The number of cyclic esters (lactones) is 1. The highest BCUT2D eigenvalue weighted by atomic mass is 19.1. The van der Waals surface area contributed by atoms with Crippen LogP contribution in [0.15, 0.2) is 16.9 Å². The molecule has 0 spiro atoms. The zero-order valence-corrected chi connectivity index (χ0v) is 24.2. The molecule has 2 N–H and O–H groups in total. The zero-order valence-electron chi connectivity index (χ0n) is 24.2. The summed E-state index contributed by atoms with van der Waals surface area (Å²) in [6.07, 6.45) is 3.10.